The molecule has 3 aromatic rings. The van der Waals surface area contributed by atoms with E-state index in [1.807, 2.05) is 36.7 Å². The van der Waals surface area contributed by atoms with Gasteiger partial charge in [0, 0.05) is 49.2 Å². The number of hydrogen-bond acceptors (Lipinski definition) is 5. The monoisotopic (exact) mass is 441 g/mol. The molecule has 6 nitrogen and oxygen atoms in total. The molecule has 0 radical (unpaired) electrons. The minimum absolute atomic E-state index is 0.160. The Morgan fingerprint density at radius 1 is 0.970 bits per heavy atom. The number of likely N-dealkylation sites (tertiary alicyclic amines) is 1. The van der Waals surface area contributed by atoms with Crippen molar-refractivity contribution in [3.8, 4) is 0 Å². The number of Topliss-reactive ketones (excluding diaryl/α,β-unsaturated/α-hetero) is 1. The Kier molecular flexibility index (Phi) is 5.06. The first-order chi connectivity index (χ1) is 16.0. The van der Waals surface area contributed by atoms with Crippen LogP contribution >= 0.6 is 0 Å². The fourth-order valence-electron chi connectivity index (χ4n) is 5.60. The summed E-state index contributed by atoms with van der Waals surface area (Å²) in [5.74, 6) is 0.160. The number of piperidine rings is 1. The lowest BCUT2D eigenvalue weighted by Crippen LogP contribution is -2.60. The van der Waals surface area contributed by atoms with E-state index in [0.717, 1.165) is 47.8 Å². The molecule has 2 saturated heterocycles. The van der Waals surface area contributed by atoms with Gasteiger partial charge in [0.25, 0.3) is 0 Å². The molecular formula is C27H31N5O. The molecule has 0 amide bonds. The van der Waals surface area contributed by atoms with E-state index >= 15 is 0 Å². The normalized spacial score (nSPS) is 19.9. The molecule has 6 rings (SSSR count). The predicted molar refractivity (Wildman–Crippen MR) is 132 cm³/mol. The number of carbonyl (C=O) groups is 1. The van der Waals surface area contributed by atoms with Crippen LogP contribution in [0.2, 0.25) is 0 Å². The first kappa shape index (κ1) is 20.6. The molecule has 33 heavy (non-hydrogen) atoms. The largest absolute Gasteiger partial charge is 0.368 e. The molecule has 3 aliphatic rings. The lowest BCUT2D eigenvalue weighted by atomic mass is 9.99. The predicted octanol–water partition coefficient (Wildman–Crippen LogP) is 4.08. The van der Waals surface area contributed by atoms with Crippen LogP contribution in [0.3, 0.4) is 0 Å². The van der Waals surface area contributed by atoms with Crippen LogP contribution in [0.1, 0.15) is 53.9 Å². The average Bonchev–Trinajstić information content (AvgIpc) is 3.13. The molecule has 1 aromatic carbocycles. The van der Waals surface area contributed by atoms with E-state index in [1.54, 1.807) is 0 Å². The highest BCUT2D eigenvalue weighted by molar-refractivity contribution is 6.25. The van der Waals surface area contributed by atoms with Crippen molar-refractivity contribution in [3.63, 3.8) is 0 Å². The van der Waals surface area contributed by atoms with Crippen LogP contribution in [-0.2, 0) is 11.2 Å². The van der Waals surface area contributed by atoms with Crippen molar-refractivity contribution in [2.75, 3.05) is 31.1 Å². The van der Waals surface area contributed by atoms with Gasteiger partial charge in [0.1, 0.15) is 0 Å². The Hall–Kier alpha value is -2.99. The van der Waals surface area contributed by atoms with Gasteiger partial charge in [-0.15, -0.1) is 0 Å². The molecular weight excluding hydrogens is 410 g/mol. The number of fused-ring (bicyclic) bond motifs is 2. The number of allylic oxidation sites excluding steroid dienone is 1. The molecule has 4 heterocycles. The van der Waals surface area contributed by atoms with Crippen LogP contribution in [0.25, 0.3) is 17.3 Å². The van der Waals surface area contributed by atoms with E-state index < -0.39 is 0 Å². The maximum Gasteiger partial charge on any atom is 0.165 e. The zero-order valence-corrected chi connectivity index (χ0v) is 19.5. The van der Waals surface area contributed by atoms with Crippen molar-refractivity contribution in [2.24, 2.45) is 0 Å². The molecule has 0 bridgehead atoms. The summed E-state index contributed by atoms with van der Waals surface area (Å²) in [6.07, 6.45) is 11.3. The van der Waals surface area contributed by atoms with Crippen LogP contribution in [0, 0.1) is 13.8 Å². The Morgan fingerprint density at radius 3 is 2.61 bits per heavy atom. The second-order valence-electron chi connectivity index (χ2n) is 9.84. The molecule has 0 spiro atoms. The maximum absolute atomic E-state index is 13.1. The Labute approximate surface area is 194 Å². The van der Waals surface area contributed by atoms with Crippen LogP contribution in [0.5, 0.6) is 0 Å². The minimum Gasteiger partial charge on any atom is -0.368 e. The van der Waals surface area contributed by atoms with E-state index in [2.05, 4.69) is 33.0 Å². The van der Waals surface area contributed by atoms with Crippen molar-refractivity contribution < 1.29 is 4.79 Å². The highest BCUT2D eigenvalue weighted by Gasteiger charge is 2.32. The van der Waals surface area contributed by atoms with Gasteiger partial charge in [-0.2, -0.15) is 0 Å². The summed E-state index contributed by atoms with van der Waals surface area (Å²) in [6.45, 7) is 8.70. The lowest BCUT2D eigenvalue weighted by Gasteiger charge is -2.48. The maximum atomic E-state index is 13.1. The third-order valence-corrected chi connectivity index (χ3v) is 7.48. The van der Waals surface area contributed by atoms with Gasteiger partial charge in [0.15, 0.2) is 11.4 Å². The zero-order chi connectivity index (χ0) is 22.5. The van der Waals surface area contributed by atoms with Crippen molar-refractivity contribution in [2.45, 2.75) is 52.0 Å². The summed E-state index contributed by atoms with van der Waals surface area (Å²) in [5, 5.41) is 0. The Balaban J connectivity index is 1.26. The van der Waals surface area contributed by atoms with Gasteiger partial charge in [-0.1, -0.05) is 12.5 Å². The quantitative estimate of drug-likeness (QED) is 0.613. The molecule has 6 heteroatoms. The summed E-state index contributed by atoms with van der Waals surface area (Å²) in [6, 6.07) is 7.41. The summed E-state index contributed by atoms with van der Waals surface area (Å²) in [4.78, 5) is 27.5. The highest BCUT2D eigenvalue weighted by Crippen LogP contribution is 2.32. The van der Waals surface area contributed by atoms with Crippen LogP contribution in [0.4, 0.5) is 5.69 Å². The SMILES string of the molecule is Cc1cn2cc(C3=Cc4ccc(N5CC(N6CCCCC6)C5)cc4CCC3=O)nc2c(C)n1. The number of aromatic nitrogens is 3. The summed E-state index contributed by atoms with van der Waals surface area (Å²) >= 11 is 0. The van der Waals surface area contributed by atoms with E-state index in [9.17, 15) is 4.79 Å². The number of carbonyl (C=O) groups excluding carboxylic acids is 1. The van der Waals surface area contributed by atoms with Gasteiger partial charge in [0.2, 0.25) is 0 Å². The molecule has 2 aromatic heterocycles. The van der Waals surface area contributed by atoms with Gasteiger partial charge in [-0.25, -0.2) is 4.98 Å². The third kappa shape index (κ3) is 3.76. The topological polar surface area (TPSA) is 53.7 Å². The lowest BCUT2D eigenvalue weighted by molar-refractivity contribution is -0.113. The van der Waals surface area contributed by atoms with Crippen molar-refractivity contribution in [1.82, 2.24) is 19.3 Å². The first-order valence-electron chi connectivity index (χ1n) is 12.3. The van der Waals surface area contributed by atoms with E-state index in [0.29, 0.717) is 18.0 Å². The number of benzene rings is 1. The highest BCUT2D eigenvalue weighted by atomic mass is 16.1. The number of rotatable bonds is 3. The number of hydrogen-bond donors (Lipinski definition) is 0. The van der Waals surface area contributed by atoms with Crippen LogP contribution in [0.15, 0.2) is 30.6 Å². The first-order valence-corrected chi connectivity index (χ1v) is 12.3. The summed E-state index contributed by atoms with van der Waals surface area (Å²) in [7, 11) is 0. The molecule has 0 unspecified atom stereocenters. The number of aryl methyl sites for hydroxylation is 3. The van der Waals surface area contributed by atoms with Crippen LogP contribution in [-0.4, -0.2) is 57.3 Å². The van der Waals surface area contributed by atoms with Crippen molar-refractivity contribution in [1.29, 1.82) is 0 Å². The number of imidazole rings is 1. The van der Waals surface area contributed by atoms with E-state index in [1.165, 1.54) is 43.6 Å². The Morgan fingerprint density at radius 2 is 1.79 bits per heavy atom. The minimum atomic E-state index is 0.160. The molecule has 2 aliphatic heterocycles. The zero-order valence-electron chi connectivity index (χ0n) is 19.5. The third-order valence-electron chi connectivity index (χ3n) is 7.48. The molecule has 1 aliphatic carbocycles. The fourth-order valence-corrected chi connectivity index (χ4v) is 5.60. The average molecular weight is 442 g/mol. The number of nitrogens with zero attached hydrogens (tertiary/aromatic N) is 5. The second-order valence-corrected chi connectivity index (χ2v) is 9.84. The van der Waals surface area contributed by atoms with Gasteiger partial charge >= 0.3 is 0 Å². The smallest absolute Gasteiger partial charge is 0.165 e. The van der Waals surface area contributed by atoms with Crippen LogP contribution < -0.4 is 4.90 Å². The Bertz CT molecular complexity index is 1260. The van der Waals surface area contributed by atoms with Crippen molar-refractivity contribution >= 4 is 28.8 Å². The molecule has 0 N–H and O–H groups in total. The molecule has 0 saturated carbocycles. The standard InChI is InChI=1S/C27H31N5O/c1-18-14-32-17-25(29-27(32)19(2)28-18)24-13-21-6-8-22(12-20(21)7-9-26(24)33)31-15-23(16-31)30-10-4-3-5-11-30/h6,8,12-14,17,23H,3-5,7,9-11,15-16H2,1-2H3. The molecule has 170 valence electrons. The van der Waals surface area contributed by atoms with Crippen molar-refractivity contribution in [3.05, 3.63) is 58.8 Å². The van der Waals surface area contributed by atoms with Gasteiger partial charge in [0.05, 0.1) is 17.1 Å². The fraction of sp³-hybridized carbons (Fsp3) is 0.444. The molecule has 0 atom stereocenters. The number of ketones is 1. The summed E-state index contributed by atoms with van der Waals surface area (Å²) in [5.41, 5.74) is 7.75. The number of anilines is 1. The second kappa shape index (κ2) is 8.10. The molecule has 2 fully saturated rings. The van der Waals surface area contributed by atoms with Gasteiger partial charge in [-0.05, 0) is 75.5 Å². The van der Waals surface area contributed by atoms with Gasteiger partial charge in [-0.3, -0.25) is 14.7 Å². The van der Waals surface area contributed by atoms with Gasteiger partial charge < -0.3 is 9.30 Å². The van der Waals surface area contributed by atoms with E-state index in [4.69, 9.17) is 4.98 Å². The van der Waals surface area contributed by atoms with E-state index in [-0.39, 0.29) is 5.78 Å². The summed E-state index contributed by atoms with van der Waals surface area (Å²) < 4.78 is 1.98.